The number of ketones is 1. The monoisotopic (exact) mass is 547 g/mol. The molecular formula is C25H30ClN5O3S2. The number of aromatic nitrogens is 3. The van der Waals surface area contributed by atoms with Gasteiger partial charge < -0.3 is 10.0 Å². The third-order valence-corrected chi connectivity index (χ3v) is 8.63. The Morgan fingerprint density at radius 2 is 2.00 bits per heavy atom. The maximum absolute atomic E-state index is 13.0. The van der Waals surface area contributed by atoms with Gasteiger partial charge in [0.1, 0.15) is 16.5 Å². The molecule has 0 aliphatic carbocycles. The number of anilines is 1. The van der Waals surface area contributed by atoms with Crippen molar-refractivity contribution in [3.8, 4) is 10.6 Å². The molecule has 4 rings (SSSR count). The SMILES string of the molecule is CCCN(CC)Cc1sc(CC(=O)c2cnc(N3CCC(C(=O)O)CC3)cn2)nc1-c1cc(Cl)cs1. The highest BCUT2D eigenvalue weighted by atomic mass is 35.5. The van der Waals surface area contributed by atoms with Crippen molar-refractivity contribution in [1.29, 1.82) is 0 Å². The van der Waals surface area contributed by atoms with Gasteiger partial charge in [-0.15, -0.1) is 22.7 Å². The lowest BCUT2D eigenvalue weighted by Crippen LogP contribution is -2.36. The first kappa shape index (κ1) is 26.7. The summed E-state index contributed by atoms with van der Waals surface area (Å²) in [5.41, 5.74) is 1.21. The maximum Gasteiger partial charge on any atom is 0.306 e. The zero-order valence-electron chi connectivity index (χ0n) is 20.4. The number of nitrogens with zero attached hydrogens (tertiary/aromatic N) is 5. The van der Waals surface area contributed by atoms with Crippen molar-refractivity contribution in [3.05, 3.63) is 44.4 Å². The van der Waals surface area contributed by atoms with Crippen molar-refractivity contribution < 1.29 is 14.7 Å². The van der Waals surface area contributed by atoms with Crippen LogP contribution < -0.4 is 4.90 Å². The number of thiazole rings is 1. The summed E-state index contributed by atoms with van der Waals surface area (Å²) < 4.78 is 0. The first-order chi connectivity index (χ1) is 17.4. The van der Waals surface area contributed by atoms with Gasteiger partial charge in [-0.05, 0) is 38.4 Å². The number of carbonyl (C=O) groups is 2. The summed E-state index contributed by atoms with van der Waals surface area (Å²) in [6.07, 6.45) is 5.50. The molecule has 0 bridgehead atoms. The third kappa shape index (κ3) is 6.47. The van der Waals surface area contributed by atoms with Crippen LogP contribution in [0.15, 0.2) is 23.8 Å². The molecule has 3 aromatic heterocycles. The van der Waals surface area contributed by atoms with Crippen molar-refractivity contribution in [2.45, 2.75) is 46.1 Å². The normalized spacial score (nSPS) is 14.5. The van der Waals surface area contributed by atoms with Crippen LogP contribution in [-0.4, -0.2) is 62.9 Å². The second kappa shape index (κ2) is 12.2. The molecule has 36 heavy (non-hydrogen) atoms. The minimum absolute atomic E-state index is 0.129. The predicted octanol–water partition coefficient (Wildman–Crippen LogP) is 5.27. The first-order valence-electron chi connectivity index (χ1n) is 12.2. The van der Waals surface area contributed by atoms with E-state index in [1.807, 2.05) is 16.3 Å². The zero-order chi connectivity index (χ0) is 25.7. The average molecular weight is 548 g/mol. The summed E-state index contributed by atoms with van der Waals surface area (Å²) in [4.78, 5) is 44.4. The van der Waals surface area contributed by atoms with Crippen LogP contribution in [0.25, 0.3) is 10.6 Å². The van der Waals surface area contributed by atoms with E-state index < -0.39 is 5.97 Å². The molecule has 0 atom stereocenters. The quantitative estimate of drug-likeness (QED) is 0.324. The molecule has 1 saturated heterocycles. The highest BCUT2D eigenvalue weighted by Crippen LogP contribution is 2.35. The fraction of sp³-hybridized carbons (Fsp3) is 0.480. The number of aliphatic carboxylic acids is 1. The fourth-order valence-corrected chi connectivity index (χ4v) is 6.57. The topological polar surface area (TPSA) is 99.5 Å². The smallest absolute Gasteiger partial charge is 0.306 e. The number of carboxylic acids is 1. The van der Waals surface area contributed by atoms with E-state index in [2.05, 4.69) is 28.7 Å². The summed E-state index contributed by atoms with van der Waals surface area (Å²) in [5.74, 6) is -0.514. The molecule has 0 unspecified atom stereocenters. The van der Waals surface area contributed by atoms with Gasteiger partial charge in [0.2, 0.25) is 0 Å². The number of piperidine rings is 1. The Balaban J connectivity index is 1.46. The van der Waals surface area contributed by atoms with E-state index in [4.69, 9.17) is 16.6 Å². The maximum atomic E-state index is 13.0. The molecular weight excluding hydrogens is 518 g/mol. The number of Topliss-reactive ketones (excluding diaryl/α,β-unsaturated/α-hetero) is 1. The lowest BCUT2D eigenvalue weighted by atomic mass is 9.97. The molecule has 1 fully saturated rings. The number of thiophene rings is 1. The van der Waals surface area contributed by atoms with Gasteiger partial charge in [-0.25, -0.2) is 15.0 Å². The Bertz CT molecular complexity index is 1190. The molecule has 1 aliphatic heterocycles. The predicted molar refractivity (Wildman–Crippen MR) is 144 cm³/mol. The van der Waals surface area contributed by atoms with E-state index in [1.54, 1.807) is 28.9 Å². The summed E-state index contributed by atoms with van der Waals surface area (Å²) in [5, 5.41) is 12.5. The van der Waals surface area contributed by atoms with Gasteiger partial charge in [0.15, 0.2) is 5.78 Å². The Kier molecular flexibility index (Phi) is 9.05. The Hall–Kier alpha value is -2.40. The second-order valence-corrected chi connectivity index (χ2v) is 11.4. The van der Waals surface area contributed by atoms with Crippen LogP contribution >= 0.6 is 34.3 Å². The van der Waals surface area contributed by atoms with Crippen molar-refractivity contribution >= 4 is 51.8 Å². The number of hydrogen-bond acceptors (Lipinski definition) is 9. The first-order valence-corrected chi connectivity index (χ1v) is 14.2. The molecule has 0 spiro atoms. The number of carbonyl (C=O) groups excluding carboxylic acids is 1. The summed E-state index contributed by atoms with van der Waals surface area (Å²) in [6.45, 7) is 8.29. The van der Waals surface area contributed by atoms with E-state index in [9.17, 15) is 14.7 Å². The number of rotatable bonds is 11. The Morgan fingerprint density at radius 1 is 1.22 bits per heavy atom. The van der Waals surface area contributed by atoms with Crippen LogP contribution in [-0.2, 0) is 17.8 Å². The number of hydrogen-bond donors (Lipinski definition) is 1. The highest BCUT2D eigenvalue weighted by molar-refractivity contribution is 7.15. The van der Waals surface area contributed by atoms with E-state index >= 15 is 0 Å². The second-order valence-electron chi connectivity index (χ2n) is 8.84. The lowest BCUT2D eigenvalue weighted by molar-refractivity contribution is -0.142. The molecule has 8 nitrogen and oxygen atoms in total. The molecule has 0 radical (unpaired) electrons. The largest absolute Gasteiger partial charge is 0.481 e. The zero-order valence-corrected chi connectivity index (χ0v) is 22.8. The molecule has 11 heteroatoms. The number of carboxylic acid groups (broad SMARTS) is 1. The molecule has 192 valence electrons. The van der Waals surface area contributed by atoms with Crippen LogP contribution in [0.4, 0.5) is 5.82 Å². The van der Waals surface area contributed by atoms with Gasteiger partial charge in [-0.2, -0.15) is 0 Å². The Labute approximate surface area is 224 Å². The van der Waals surface area contributed by atoms with Crippen LogP contribution in [0.3, 0.4) is 0 Å². The molecule has 0 aromatic carbocycles. The van der Waals surface area contributed by atoms with Crippen molar-refractivity contribution in [3.63, 3.8) is 0 Å². The standard InChI is InChI=1S/C25H30ClN5O3S2/c1-3-7-30(4-2)14-21-24(20-10-17(26)15-35-20)29-23(36-21)11-19(32)18-12-28-22(13-27-18)31-8-5-16(6-9-31)25(33)34/h10,12-13,15-16H,3-9,11,14H2,1-2H3,(H,33,34). The fourth-order valence-electron chi connectivity index (χ4n) is 4.29. The van der Waals surface area contributed by atoms with Crippen molar-refractivity contribution in [1.82, 2.24) is 19.9 Å². The van der Waals surface area contributed by atoms with E-state index in [0.29, 0.717) is 42.5 Å². The van der Waals surface area contributed by atoms with Crippen LogP contribution in [0.2, 0.25) is 5.02 Å². The van der Waals surface area contributed by atoms with Crippen molar-refractivity contribution in [2.75, 3.05) is 31.1 Å². The summed E-state index contributed by atoms with van der Waals surface area (Å²) >= 11 is 9.31. The van der Waals surface area contributed by atoms with E-state index in [0.717, 1.165) is 46.5 Å². The van der Waals surface area contributed by atoms with Crippen LogP contribution in [0, 0.1) is 5.92 Å². The minimum Gasteiger partial charge on any atom is -0.481 e. The van der Waals surface area contributed by atoms with Crippen LogP contribution in [0.5, 0.6) is 0 Å². The van der Waals surface area contributed by atoms with E-state index in [-0.39, 0.29) is 18.1 Å². The molecule has 1 aliphatic rings. The van der Waals surface area contributed by atoms with Gasteiger partial charge in [0.25, 0.3) is 0 Å². The minimum atomic E-state index is -0.745. The average Bonchev–Trinajstić information content (AvgIpc) is 3.49. The van der Waals surface area contributed by atoms with Crippen LogP contribution in [0.1, 0.15) is 53.5 Å². The van der Waals surface area contributed by atoms with Crippen molar-refractivity contribution in [2.24, 2.45) is 5.92 Å². The highest BCUT2D eigenvalue weighted by Gasteiger charge is 2.25. The van der Waals surface area contributed by atoms with E-state index in [1.165, 1.54) is 6.20 Å². The van der Waals surface area contributed by atoms with Gasteiger partial charge in [0, 0.05) is 29.9 Å². The van der Waals surface area contributed by atoms with Gasteiger partial charge in [-0.1, -0.05) is 25.4 Å². The summed E-state index contributed by atoms with van der Waals surface area (Å²) in [7, 11) is 0. The number of halogens is 1. The Morgan fingerprint density at radius 3 is 2.58 bits per heavy atom. The molecule has 4 heterocycles. The molecule has 3 aromatic rings. The lowest BCUT2D eigenvalue weighted by Gasteiger charge is -2.30. The van der Waals surface area contributed by atoms with Gasteiger partial charge in [0.05, 0.1) is 40.3 Å². The van der Waals surface area contributed by atoms with Gasteiger partial charge in [-0.3, -0.25) is 14.5 Å². The molecule has 1 N–H and O–H groups in total. The van der Waals surface area contributed by atoms with Gasteiger partial charge >= 0.3 is 5.97 Å². The molecule has 0 amide bonds. The third-order valence-electron chi connectivity index (χ3n) is 6.30. The molecule has 0 saturated carbocycles. The summed E-state index contributed by atoms with van der Waals surface area (Å²) in [6, 6.07) is 1.93.